The molecule has 0 bridgehead atoms. The zero-order valence-electron chi connectivity index (χ0n) is 14.5. The van der Waals surface area contributed by atoms with Gasteiger partial charge >= 0.3 is 0 Å². The van der Waals surface area contributed by atoms with Crippen LogP contribution in [0.3, 0.4) is 0 Å². The lowest BCUT2D eigenvalue weighted by Gasteiger charge is -2.11. The number of benzene rings is 2. The van der Waals surface area contributed by atoms with Gasteiger partial charge in [-0.15, -0.1) is 0 Å². The van der Waals surface area contributed by atoms with Crippen molar-refractivity contribution in [2.75, 3.05) is 7.11 Å². The van der Waals surface area contributed by atoms with Crippen molar-refractivity contribution in [2.45, 2.75) is 45.1 Å². The molecule has 0 radical (unpaired) electrons. The van der Waals surface area contributed by atoms with Gasteiger partial charge in [-0.3, -0.25) is 4.79 Å². The van der Waals surface area contributed by atoms with E-state index in [-0.39, 0.29) is 12.2 Å². The number of aryl methyl sites for hydroxylation is 3. The van der Waals surface area contributed by atoms with E-state index in [0.717, 1.165) is 35.3 Å². The summed E-state index contributed by atoms with van der Waals surface area (Å²) in [7, 11) is 1.66. The van der Waals surface area contributed by atoms with Gasteiger partial charge in [0.1, 0.15) is 11.5 Å². The molecule has 0 saturated carbocycles. The molecule has 1 atom stereocenters. The van der Waals surface area contributed by atoms with Gasteiger partial charge in [-0.1, -0.05) is 42.5 Å². The average molecular weight is 326 g/mol. The maximum absolute atomic E-state index is 12.0. The Morgan fingerprint density at radius 1 is 1.08 bits per heavy atom. The van der Waals surface area contributed by atoms with Gasteiger partial charge in [-0.2, -0.15) is 0 Å². The van der Waals surface area contributed by atoms with E-state index < -0.39 is 6.10 Å². The summed E-state index contributed by atoms with van der Waals surface area (Å²) in [4.78, 5) is 12.0. The third-order valence-electron chi connectivity index (χ3n) is 4.24. The largest absolute Gasteiger partial charge is 0.496 e. The van der Waals surface area contributed by atoms with E-state index in [9.17, 15) is 9.90 Å². The summed E-state index contributed by atoms with van der Waals surface area (Å²) < 4.78 is 5.31. The van der Waals surface area contributed by atoms with Crippen LogP contribution in [-0.2, 0) is 17.6 Å². The molecule has 2 aromatic carbocycles. The van der Waals surface area contributed by atoms with Crippen LogP contribution in [-0.4, -0.2) is 24.1 Å². The van der Waals surface area contributed by atoms with Crippen molar-refractivity contribution in [3.63, 3.8) is 0 Å². The van der Waals surface area contributed by atoms with Crippen LogP contribution >= 0.6 is 0 Å². The molecule has 2 aromatic rings. The first-order valence-electron chi connectivity index (χ1n) is 8.45. The van der Waals surface area contributed by atoms with Crippen molar-refractivity contribution < 1.29 is 14.6 Å². The highest BCUT2D eigenvalue weighted by atomic mass is 16.5. The molecule has 3 heteroatoms. The molecular formula is C21H26O3. The van der Waals surface area contributed by atoms with Crippen LogP contribution in [0.2, 0.25) is 0 Å². The minimum atomic E-state index is -0.583. The summed E-state index contributed by atoms with van der Waals surface area (Å²) >= 11 is 0. The number of ketones is 1. The quantitative estimate of drug-likeness (QED) is 0.760. The van der Waals surface area contributed by atoms with Crippen molar-refractivity contribution in [1.82, 2.24) is 0 Å². The normalized spacial score (nSPS) is 12.0. The number of carbonyl (C=O) groups is 1. The summed E-state index contributed by atoms with van der Waals surface area (Å²) in [5, 5.41) is 10.1. The van der Waals surface area contributed by atoms with Gasteiger partial charge in [0.05, 0.1) is 13.2 Å². The first kappa shape index (κ1) is 18.2. The molecule has 0 aliphatic rings. The summed E-state index contributed by atoms with van der Waals surface area (Å²) in [5.41, 5.74) is 3.37. The maximum atomic E-state index is 12.0. The minimum absolute atomic E-state index is 0.118. The number of methoxy groups -OCH3 is 1. The minimum Gasteiger partial charge on any atom is -0.496 e. The third kappa shape index (κ3) is 5.82. The fourth-order valence-electron chi connectivity index (χ4n) is 2.75. The molecule has 0 spiro atoms. The Morgan fingerprint density at radius 3 is 2.54 bits per heavy atom. The molecule has 128 valence electrons. The predicted octanol–water partition coefficient (Wildman–Crippen LogP) is 3.89. The lowest BCUT2D eigenvalue weighted by molar-refractivity contribution is -0.120. The van der Waals surface area contributed by atoms with Crippen molar-refractivity contribution in [1.29, 1.82) is 0 Å². The van der Waals surface area contributed by atoms with Crippen LogP contribution in [0, 0.1) is 6.92 Å². The van der Waals surface area contributed by atoms with Crippen LogP contribution < -0.4 is 4.74 Å². The van der Waals surface area contributed by atoms with Crippen LogP contribution in [0.15, 0.2) is 48.5 Å². The lowest BCUT2D eigenvalue weighted by Crippen LogP contribution is -2.15. The van der Waals surface area contributed by atoms with E-state index in [1.54, 1.807) is 7.11 Å². The number of hydrogen-bond donors (Lipinski definition) is 1. The maximum Gasteiger partial charge on any atom is 0.135 e. The van der Waals surface area contributed by atoms with Crippen LogP contribution in [0.4, 0.5) is 0 Å². The monoisotopic (exact) mass is 326 g/mol. The summed E-state index contributed by atoms with van der Waals surface area (Å²) in [6, 6.07) is 16.0. The van der Waals surface area contributed by atoms with Crippen LogP contribution in [0.5, 0.6) is 5.75 Å². The Morgan fingerprint density at radius 2 is 1.83 bits per heavy atom. The highest BCUT2D eigenvalue weighted by Gasteiger charge is 2.12. The van der Waals surface area contributed by atoms with Gasteiger partial charge in [-0.25, -0.2) is 0 Å². The van der Waals surface area contributed by atoms with E-state index in [4.69, 9.17) is 4.74 Å². The topological polar surface area (TPSA) is 46.5 Å². The Labute approximate surface area is 144 Å². The van der Waals surface area contributed by atoms with Gasteiger partial charge in [0, 0.05) is 12.8 Å². The second-order valence-electron chi connectivity index (χ2n) is 6.22. The van der Waals surface area contributed by atoms with Gasteiger partial charge in [0.25, 0.3) is 0 Å². The zero-order chi connectivity index (χ0) is 17.4. The Hall–Kier alpha value is -2.13. The lowest BCUT2D eigenvalue weighted by atomic mass is 9.99. The smallest absolute Gasteiger partial charge is 0.135 e. The first-order valence-corrected chi connectivity index (χ1v) is 8.45. The third-order valence-corrected chi connectivity index (χ3v) is 4.24. The number of Topliss-reactive ketones (excluding diaryl/α,β-unsaturated/α-hetero) is 1. The molecule has 0 heterocycles. The highest BCUT2D eigenvalue weighted by molar-refractivity contribution is 5.79. The molecule has 3 nitrogen and oxygen atoms in total. The SMILES string of the molecule is COc1cc(CC[C@@H](O)CC(=O)CCc2ccccc2)ccc1C. The Kier molecular flexibility index (Phi) is 7.01. The van der Waals surface area contributed by atoms with Gasteiger partial charge < -0.3 is 9.84 Å². The molecule has 2 rings (SSSR count). The molecule has 0 aliphatic carbocycles. The molecule has 0 saturated heterocycles. The average Bonchev–Trinajstić information content (AvgIpc) is 2.60. The summed E-state index contributed by atoms with van der Waals surface area (Å²) in [5.74, 6) is 0.980. The first-order chi connectivity index (χ1) is 11.6. The number of aliphatic hydroxyl groups excluding tert-OH is 1. The van der Waals surface area contributed by atoms with E-state index in [0.29, 0.717) is 12.8 Å². The number of ether oxygens (including phenoxy) is 1. The standard InChI is InChI=1S/C21H26O3/c1-16-8-9-18(14-21(16)24-2)11-13-20(23)15-19(22)12-10-17-6-4-3-5-7-17/h3-9,14,20,23H,10-13,15H2,1-2H3/t20-/m1/s1. The molecule has 0 aromatic heterocycles. The Balaban J connectivity index is 1.74. The van der Waals surface area contributed by atoms with E-state index in [1.165, 1.54) is 0 Å². The second kappa shape index (κ2) is 9.24. The predicted molar refractivity (Wildman–Crippen MR) is 96.4 cm³/mol. The molecule has 0 fully saturated rings. The molecular weight excluding hydrogens is 300 g/mol. The molecule has 0 unspecified atom stereocenters. The number of carbonyl (C=O) groups excluding carboxylic acids is 1. The zero-order valence-corrected chi connectivity index (χ0v) is 14.5. The van der Waals surface area contributed by atoms with Crippen LogP contribution in [0.25, 0.3) is 0 Å². The van der Waals surface area contributed by atoms with E-state index >= 15 is 0 Å². The molecule has 0 amide bonds. The van der Waals surface area contributed by atoms with Crippen molar-refractivity contribution in [3.8, 4) is 5.75 Å². The van der Waals surface area contributed by atoms with Gasteiger partial charge in [0.15, 0.2) is 0 Å². The summed E-state index contributed by atoms with van der Waals surface area (Å²) in [6.45, 7) is 2.00. The van der Waals surface area contributed by atoms with Crippen LogP contribution in [0.1, 0.15) is 36.0 Å². The van der Waals surface area contributed by atoms with Crippen molar-refractivity contribution in [3.05, 3.63) is 65.2 Å². The molecule has 1 N–H and O–H groups in total. The van der Waals surface area contributed by atoms with E-state index in [2.05, 4.69) is 0 Å². The van der Waals surface area contributed by atoms with Crippen molar-refractivity contribution in [2.24, 2.45) is 0 Å². The fraction of sp³-hybridized carbons (Fsp3) is 0.381. The number of hydrogen-bond acceptors (Lipinski definition) is 3. The summed E-state index contributed by atoms with van der Waals surface area (Å²) in [6.07, 6.45) is 2.20. The van der Waals surface area contributed by atoms with Gasteiger partial charge in [0.2, 0.25) is 0 Å². The fourth-order valence-corrected chi connectivity index (χ4v) is 2.75. The van der Waals surface area contributed by atoms with E-state index in [1.807, 2.05) is 55.5 Å². The second-order valence-corrected chi connectivity index (χ2v) is 6.22. The van der Waals surface area contributed by atoms with Crippen molar-refractivity contribution >= 4 is 5.78 Å². The Bertz CT molecular complexity index is 649. The highest BCUT2D eigenvalue weighted by Crippen LogP contribution is 2.20. The molecule has 0 aliphatic heterocycles. The number of rotatable bonds is 9. The number of aliphatic hydroxyl groups is 1. The molecule has 24 heavy (non-hydrogen) atoms. The van der Waals surface area contributed by atoms with Gasteiger partial charge in [-0.05, 0) is 48.9 Å².